The molecule has 2 atom stereocenters. The maximum atomic E-state index is 12.3. The van der Waals surface area contributed by atoms with Gasteiger partial charge < -0.3 is 15.4 Å². The Bertz CT molecular complexity index is 505. The third kappa shape index (κ3) is 3.27. The summed E-state index contributed by atoms with van der Waals surface area (Å²) < 4.78 is 5.16. The van der Waals surface area contributed by atoms with Crippen molar-refractivity contribution >= 4 is 5.91 Å². The normalized spacial score (nSPS) is 22.7. The average Bonchev–Trinajstić information content (AvgIpc) is 2.40. The highest BCUT2D eigenvalue weighted by Crippen LogP contribution is 2.35. The maximum absolute atomic E-state index is 12.3. The molecule has 1 aromatic carbocycles. The first kappa shape index (κ1) is 16.0. The van der Waals surface area contributed by atoms with Gasteiger partial charge in [-0.3, -0.25) is 4.79 Å². The molecule has 0 aromatic heterocycles. The second kappa shape index (κ2) is 6.58. The van der Waals surface area contributed by atoms with Gasteiger partial charge in [-0.1, -0.05) is 17.7 Å². The molecule has 4 nitrogen and oxygen atoms in total. The Balaban J connectivity index is 2.43. The van der Waals surface area contributed by atoms with Crippen molar-refractivity contribution in [3.8, 4) is 0 Å². The summed E-state index contributed by atoms with van der Waals surface area (Å²) in [7, 11) is 1.66. The van der Waals surface area contributed by atoms with E-state index in [0.717, 1.165) is 6.42 Å². The number of methoxy groups -OCH3 is 1. The topological polar surface area (TPSA) is 55.6 Å². The molecule has 1 amide bonds. The van der Waals surface area contributed by atoms with Gasteiger partial charge in [-0.15, -0.1) is 0 Å². The summed E-state index contributed by atoms with van der Waals surface area (Å²) in [5.41, 5.74) is 11.3. The molecule has 1 heterocycles. The highest BCUT2D eigenvalue weighted by Gasteiger charge is 2.36. The fraction of sp³-hybridized carbons (Fsp3) is 0.588. The van der Waals surface area contributed by atoms with Crippen LogP contribution in [0.15, 0.2) is 12.1 Å². The van der Waals surface area contributed by atoms with Crippen LogP contribution in [0, 0.1) is 20.8 Å². The van der Waals surface area contributed by atoms with Crippen molar-refractivity contribution in [1.82, 2.24) is 4.90 Å². The van der Waals surface area contributed by atoms with Gasteiger partial charge >= 0.3 is 0 Å². The summed E-state index contributed by atoms with van der Waals surface area (Å²) in [6, 6.07) is 4.28. The summed E-state index contributed by atoms with van der Waals surface area (Å²) in [6.45, 7) is 7.45. The number of ether oxygens (including phenoxy) is 1. The Morgan fingerprint density at radius 1 is 1.29 bits per heavy atom. The maximum Gasteiger partial charge on any atom is 0.223 e. The van der Waals surface area contributed by atoms with Crippen LogP contribution in [0.2, 0.25) is 0 Å². The molecule has 21 heavy (non-hydrogen) atoms. The Labute approximate surface area is 127 Å². The van der Waals surface area contributed by atoms with Crippen LogP contribution in [0.25, 0.3) is 0 Å². The molecule has 0 saturated carbocycles. The lowest BCUT2D eigenvalue weighted by molar-refractivity contribution is -0.138. The monoisotopic (exact) mass is 290 g/mol. The number of likely N-dealkylation sites (tertiary alicyclic amines) is 1. The molecule has 1 aliphatic heterocycles. The first-order valence-electron chi connectivity index (χ1n) is 7.57. The molecule has 0 spiro atoms. The van der Waals surface area contributed by atoms with E-state index in [-0.39, 0.29) is 18.0 Å². The number of nitrogens with two attached hydrogens (primary N) is 1. The minimum Gasteiger partial charge on any atom is -0.383 e. The van der Waals surface area contributed by atoms with E-state index in [0.29, 0.717) is 19.6 Å². The molecule has 0 aliphatic carbocycles. The molecular formula is C17H26N2O2. The van der Waals surface area contributed by atoms with E-state index in [4.69, 9.17) is 10.5 Å². The molecule has 2 unspecified atom stereocenters. The first-order chi connectivity index (χ1) is 9.95. The molecule has 0 radical (unpaired) electrons. The highest BCUT2D eigenvalue weighted by atomic mass is 16.5. The van der Waals surface area contributed by atoms with Crippen LogP contribution in [-0.2, 0) is 9.53 Å². The molecule has 1 fully saturated rings. The van der Waals surface area contributed by atoms with E-state index in [9.17, 15) is 4.79 Å². The van der Waals surface area contributed by atoms with Crippen molar-refractivity contribution in [3.63, 3.8) is 0 Å². The smallest absolute Gasteiger partial charge is 0.223 e. The zero-order valence-corrected chi connectivity index (χ0v) is 13.5. The lowest BCUT2D eigenvalue weighted by Crippen LogP contribution is -2.50. The van der Waals surface area contributed by atoms with E-state index >= 15 is 0 Å². The van der Waals surface area contributed by atoms with Gasteiger partial charge in [0.1, 0.15) is 0 Å². The number of aryl methyl sites for hydroxylation is 3. The molecule has 4 heteroatoms. The summed E-state index contributed by atoms with van der Waals surface area (Å²) in [6.07, 6.45) is 1.28. The number of hydrogen-bond donors (Lipinski definition) is 1. The van der Waals surface area contributed by atoms with Gasteiger partial charge in [0.05, 0.1) is 12.6 Å². The van der Waals surface area contributed by atoms with E-state index in [2.05, 4.69) is 32.9 Å². The second-order valence-corrected chi connectivity index (χ2v) is 6.04. The fourth-order valence-corrected chi connectivity index (χ4v) is 3.46. The summed E-state index contributed by atoms with van der Waals surface area (Å²) in [5, 5.41) is 0. The number of rotatable bonds is 4. The number of piperidine rings is 1. The quantitative estimate of drug-likeness (QED) is 0.925. The Morgan fingerprint density at radius 2 is 1.90 bits per heavy atom. The molecule has 0 bridgehead atoms. The molecule has 1 aliphatic rings. The number of nitrogens with zero attached hydrogens (tertiary/aromatic N) is 1. The molecule has 1 saturated heterocycles. The molecule has 2 rings (SSSR count). The summed E-state index contributed by atoms with van der Waals surface area (Å²) in [4.78, 5) is 14.2. The van der Waals surface area contributed by atoms with Crippen LogP contribution in [0.3, 0.4) is 0 Å². The summed E-state index contributed by atoms with van der Waals surface area (Å²) in [5.74, 6) is 0.179. The highest BCUT2D eigenvalue weighted by molar-refractivity contribution is 5.78. The molecule has 116 valence electrons. The molecule has 1 aromatic rings. The SMILES string of the molecule is COCCN1C(=O)CCC(N)C1c1c(C)cc(C)cc1C. The van der Waals surface area contributed by atoms with Gasteiger partial charge in [0, 0.05) is 26.1 Å². The largest absolute Gasteiger partial charge is 0.383 e. The van der Waals surface area contributed by atoms with Crippen molar-refractivity contribution in [1.29, 1.82) is 0 Å². The molecule has 2 N–H and O–H groups in total. The van der Waals surface area contributed by atoms with Crippen LogP contribution in [0.1, 0.15) is 41.1 Å². The lowest BCUT2D eigenvalue weighted by Gasteiger charge is -2.41. The zero-order chi connectivity index (χ0) is 15.6. The van der Waals surface area contributed by atoms with Crippen LogP contribution < -0.4 is 5.73 Å². The van der Waals surface area contributed by atoms with Crippen LogP contribution in [0.5, 0.6) is 0 Å². The zero-order valence-electron chi connectivity index (χ0n) is 13.5. The van der Waals surface area contributed by atoms with Crippen molar-refractivity contribution in [3.05, 3.63) is 34.4 Å². The Hall–Kier alpha value is -1.39. The van der Waals surface area contributed by atoms with E-state index < -0.39 is 0 Å². The predicted octanol–water partition coefficient (Wildman–Crippen LogP) is 2.25. The van der Waals surface area contributed by atoms with Gasteiger partial charge in [0.25, 0.3) is 0 Å². The van der Waals surface area contributed by atoms with Gasteiger partial charge in [-0.25, -0.2) is 0 Å². The van der Waals surface area contributed by atoms with Gasteiger partial charge in [0.2, 0.25) is 5.91 Å². The Kier molecular flexibility index (Phi) is 5.01. The number of amides is 1. The average molecular weight is 290 g/mol. The third-order valence-corrected chi connectivity index (χ3v) is 4.32. The Morgan fingerprint density at radius 3 is 2.48 bits per heavy atom. The first-order valence-corrected chi connectivity index (χ1v) is 7.57. The number of carbonyl (C=O) groups is 1. The molecular weight excluding hydrogens is 264 g/mol. The number of carbonyl (C=O) groups excluding carboxylic acids is 1. The van der Waals surface area contributed by atoms with E-state index in [1.54, 1.807) is 7.11 Å². The van der Waals surface area contributed by atoms with Crippen molar-refractivity contribution in [2.24, 2.45) is 5.73 Å². The number of benzene rings is 1. The van der Waals surface area contributed by atoms with Crippen molar-refractivity contribution < 1.29 is 9.53 Å². The van der Waals surface area contributed by atoms with Crippen LogP contribution >= 0.6 is 0 Å². The van der Waals surface area contributed by atoms with Crippen LogP contribution in [-0.4, -0.2) is 37.1 Å². The number of hydrogen-bond acceptors (Lipinski definition) is 3. The lowest BCUT2D eigenvalue weighted by atomic mass is 9.85. The van der Waals surface area contributed by atoms with E-state index in [1.807, 2.05) is 4.90 Å². The van der Waals surface area contributed by atoms with Crippen molar-refractivity contribution in [2.75, 3.05) is 20.3 Å². The predicted molar refractivity (Wildman–Crippen MR) is 84.2 cm³/mol. The standard InChI is InChI=1S/C17H26N2O2/c1-11-9-12(2)16(13(3)10-11)17-14(18)5-6-15(20)19(17)7-8-21-4/h9-10,14,17H,5-8,18H2,1-4H3. The second-order valence-electron chi connectivity index (χ2n) is 6.04. The van der Waals surface area contributed by atoms with E-state index in [1.165, 1.54) is 22.3 Å². The van der Waals surface area contributed by atoms with Crippen molar-refractivity contribution in [2.45, 2.75) is 45.7 Å². The van der Waals surface area contributed by atoms with Gasteiger partial charge in [-0.2, -0.15) is 0 Å². The van der Waals surface area contributed by atoms with Gasteiger partial charge in [-0.05, 0) is 43.9 Å². The summed E-state index contributed by atoms with van der Waals surface area (Å²) >= 11 is 0. The third-order valence-electron chi connectivity index (χ3n) is 4.32. The van der Waals surface area contributed by atoms with Crippen LogP contribution in [0.4, 0.5) is 0 Å². The van der Waals surface area contributed by atoms with Gasteiger partial charge in [0.15, 0.2) is 0 Å². The minimum absolute atomic E-state index is 0.0142. The fourth-order valence-electron chi connectivity index (χ4n) is 3.46. The minimum atomic E-state index is -0.0398.